The highest BCUT2D eigenvalue weighted by atomic mass is 35.5. The molecule has 0 aliphatic rings. The van der Waals surface area contributed by atoms with Gasteiger partial charge in [-0.2, -0.15) is 0 Å². The second kappa shape index (κ2) is 6.46. The first-order valence-electron chi connectivity index (χ1n) is 6.07. The van der Waals surface area contributed by atoms with E-state index >= 15 is 0 Å². The second-order valence-corrected chi connectivity index (χ2v) is 6.30. The molecule has 20 heavy (non-hydrogen) atoms. The molecule has 0 spiro atoms. The van der Waals surface area contributed by atoms with E-state index in [-0.39, 0.29) is 18.9 Å². The van der Waals surface area contributed by atoms with E-state index in [1.165, 1.54) is 4.90 Å². The zero-order valence-electron chi connectivity index (χ0n) is 11.6. The standard InChI is InChI=1S/C14H17Cl2NO3/c1-14(2,3)17(8-13(19)20)12(18)6-9-4-5-10(15)7-11(9)16/h4-5,7H,6,8H2,1-3H3,(H,19,20). The quantitative estimate of drug-likeness (QED) is 0.927. The summed E-state index contributed by atoms with van der Waals surface area (Å²) in [5.74, 6) is -1.33. The Labute approximate surface area is 128 Å². The van der Waals surface area contributed by atoms with Crippen LogP contribution in [0.25, 0.3) is 0 Å². The van der Waals surface area contributed by atoms with Gasteiger partial charge in [-0.05, 0) is 38.5 Å². The molecule has 6 heteroatoms. The predicted octanol–water partition coefficient (Wildman–Crippen LogP) is 3.25. The molecule has 0 aliphatic heterocycles. The number of carboxylic acid groups (broad SMARTS) is 1. The van der Waals surface area contributed by atoms with Crippen LogP contribution in [0.15, 0.2) is 18.2 Å². The third-order valence-corrected chi connectivity index (χ3v) is 3.35. The lowest BCUT2D eigenvalue weighted by atomic mass is 10.0. The molecule has 0 bridgehead atoms. The number of halogens is 2. The molecule has 0 fully saturated rings. The Morgan fingerprint density at radius 3 is 2.30 bits per heavy atom. The van der Waals surface area contributed by atoms with Crippen LogP contribution in [-0.4, -0.2) is 34.0 Å². The van der Waals surface area contributed by atoms with Gasteiger partial charge in [0, 0.05) is 15.6 Å². The summed E-state index contributed by atoms with van der Waals surface area (Å²) in [5, 5.41) is 9.80. The average Bonchev–Trinajstić information content (AvgIpc) is 2.28. The molecule has 0 radical (unpaired) electrons. The van der Waals surface area contributed by atoms with Crippen LogP contribution in [0.5, 0.6) is 0 Å². The summed E-state index contributed by atoms with van der Waals surface area (Å²) in [6, 6.07) is 4.88. The van der Waals surface area contributed by atoms with Crippen molar-refractivity contribution in [3.05, 3.63) is 33.8 Å². The second-order valence-electron chi connectivity index (χ2n) is 5.46. The van der Waals surface area contributed by atoms with Gasteiger partial charge in [0.25, 0.3) is 0 Å². The van der Waals surface area contributed by atoms with Crippen LogP contribution in [0.4, 0.5) is 0 Å². The monoisotopic (exact) mass is 317 g/mol. The summed E-state index contributed by atoms with van der Waals surface area (Å²) in [6.07, 6.45) is 0.0422. The van der Waals surface area contributed by atoms with Gasteiger partial charge < -0.3 is 10.0 Å². The number of nitrogens with zero attached hydrogens (tertiary/aromatic N) is 1. The van der Waals surface area contributed by atoms with E-state index in [0.29, 0.717) is 15.6 Å². The lowest BCUT2D eigenvalue weighted by Crippen LogP contribution is -2.48. The van der Waals surface area contributed by atoms with Crippen molar-refractivity contribution in [2.75, 3.05) is 6.54 Å². The first-order valence-corrected chi connectivity index (χ1v) is 6.83. The zero-order valence-corrected chi connectivity index (χ0v) is 13.1. The largest absolute Gasteiger partial charge is 0.480 e. The van der Waals surface area contributed by atoms with Crippen LogP contribution in [0.1, 0.15) is 26.3 Å². The van der Waals surface area contributed by atoms with Crippen molar-refractivity contribution in [2.24, 2.45) is 0 Å². The SMILES string of the molecule is CC(C)(C)N(CC(=O)O)C(=O)Cc1ccc(Cl)cc1Cl. The van der Waals surface area contributed by atoms with Crippen LogP contribution in [0, 0.1) is 0 Å². The van der Waals surface area contributed by atoms with Crippen LogP contribution in [0.2, 0.25) is 10.0 Å². The van der Waals surface area contributed by atoms with Gasteiger partial charge in [-0.3, -0.25) is 9.59 Å². The first kappa shape index (κ1) is 16.8. The lowest BCUT2D eigenvalue weighted by molar-refractivity contribution is -0.147. The van der Waals surface area contributed by atoms with E-state index in [0.717, 1.165) is 0 Å². The molecule has 0 unspecified atom stereocenters. The molecule has 0 saturated heterocycles. The van der Waals surface area contributed by atoms with Gasteiger partial charge >= 0.3 is 5.97 Å². The van der Waals surface area contributed by atoms with Gasteiger partial charge in [0.05, 0.1) is 6.42 Å². The number of hydrogen-bond donors (Lipinski definition) is 1. The summed E-state index contributed by atoms with van der Waals surface area (Å²) in [5.41, 5.74) is 0.0506. The molecule has 0 heterocycles. The highest BCUT2D eigenvalue weighted by Gasteiger charge is 2.28. The molecule has 0 atom stereocenters. The summed E-state index contributed by atoms with van der Waals surface area (Å²) in [4.78, 5) is 24.5. The number of hydrogen-bond acceptors (Lipinski definition) is 2. The Morgan fingerprint density at radius 2 is 1.85 bits per heavy atom. The Balaban J connectivity index is 2.93. The van der Waals surface area contributed by atoms with Crippen molar-refractivity contribution in [3.63, 3.8) is 0 Å². The van der Waals surface area contributed by atoms with Crippen molar-refractivity contribution in [2.45, 2.75) is 32.7 Å². The number of aliphatic carboxylic acids is 1. The third-order valence-electron chi connectivity index (χ3n) is 2.76. The molecule has 1 amide bonds. The van der Waals surface area contributed by atoms with Gasteiger partial charge in [-0.15, -0.1) is 0 Å². The van der Waals surface area contributed by atoms with Crippen molar-refractivity contribution in [1.29, 1.82) is 0 Å². The minimum Gasteiger partial charge on any atom is -0.480 e. The molecule has 1 N–H and O–H groups in total. The first-order chi connectivity index (χ1) is 9.11. The fraction of sp³-hybridized carbons (Fsp3) is 0.429. The lowest BCUT2D eigenvalue weighted by Gasteiger charge is -2.34. The zero-order chi connectivity index (χ0) is 15.5. The molecular weight excluding hydrogens is 301 g/mol. The van der Waals surface area contributed by atoms with E-state index in [2.05, 4.69) is 0 Å². The fourth-order valence-corrected chi connectivity index (χ4v) is 2.23. The normalized spacial score (nSPS) is 11.2. The highest BCUT2D eigenvalue weighted by Crippen LogP contribution is 2.23. The Kier molecular flexibility index (Phi) is 5.42. The number of rotatable bonds is 4. The number of benzene rings is 1. The van der Waals surface area contributed by atoms with Crippen LogP contribution in [-0.2, 0) is 16.0 Å². The van der Waals surface area contributed by atoms with Crippen molar-refractivity contribution >= 4 is 35.1 Å². The number of carbonyl (C=O) groups is 2. The highest BCUT2D eigenvalue weighted by molar-refractivity contribution is 6.35. The number of amides is 1. The maximum absolute atomic E-state index is 12.3. The van der Waals surface area contributed by atoms with Gasteiger partial charge in [0.1, 0.15) is 6.54 Å². The fourth-order valence-electron chi connectivity index (χ4n) is 1.76. The maximum atomic E-state index is 12.3. The average molecular weight is 318 g/mol. The van der Waals surface area contributed by atoms with Crippen molar-refractivity contribution in [3.8, 4) is 0 Å². The maximum Gasteiger partial charge on any atom is 0.323 e. The minimum absolute atomic E-state index is 0.0422. The summed E-state index contributed by atoms with van der Waals surface area (Å²) in [6.45, 7) is 5.03. The summed E-state index contributed by atoms with van der Waals surface area (Å²) < 4.78 is 0. The summed E-state index contributed by atoms with van der Waals surface area (Å²) >= 11 is 11.8. The predicted molar refractivity (Wildman–Crippen MR) is 79.3 cm³/mol. The molecule has 110 valence electrons. The number of carboxylic acids is 1. The topological polar surface area (TPSA) is 57.6 Å². The van der Waals surface area contributed by atoms with E-state index < -0.39 is 11.5 Å². The van der Waals surface area contributed by atoms with Gasteiger partial charge in [0.2, 0.25) is 5.91 Å². The van der Waals surface area contributed by atoms with E-state index in [4.69, 9.17) is 28.3 Å². The van der Waals surface area contributed by atoms with Crippen molar-refractivity contribution < 1.29 is 14.7 Å². The van der Waals surface area contributed by atoms with Gasteiger partial charge in [-0.25, -0.2) is 0 Å². The van der Waals surface area contributed by atoms with E-state index in [1.807, 2.05) is 0 Å². The Bertz CT molecular complexity index is 524. The molecule has 0 aromatic heterocycles. The third kappa shape index (κ3) is 4.69. The molecule has 4 nitrogen and oxygen atoms in total. The Hall–Kier alpha value is -1.26. The Morgan fingerprint density at radius 1 is 1.25 bits per heavy atom. The van der Waals surface area contributed by atoms with Crippen LogP contribution < -0.4 is 0 Å². The smallest absolute Gasteiger partial charge is 0.323 e. The number of carbonyl (C=O) groups excluding carboxylic acids is 1. The van der Waals surface area contributed by atoms with E-state index in [1.54, 1.807) is 39.0 Å². The van der Waals surface area contributed by atoms with Gasteiger partial charge in [-0.1, -0.05) is 29.3 Å². The molecule has 1 aromatic rings. The molecule has 1 rings (SSSR count). The van der Waals surface area contributed by atoms with Crippen LogP contribution >= 0.6 is 23.2 Å². The van der Waals surface area contributed by atoms with E-state index in [9.17, 15) is 9.59 Å². The van der Waals surface area contributed by atoms with Crippen LogP contribution in [0.3, 0.4) is 0 Å². The molecule has 0 saturated carbocycles. The molecule has 0 aliphatic carbocycles. The molecular formula is C14H17Cl2NO3. The summed E-state index contributed by atoms with van der Waals surface area (Å²) in [7, 11) is 0. The minimum atomic E-state index is -1.05. The molecule has 1 aromatic carbocycles. The van der Waals surface area contributed by atoms with Crippen molar-refractivity contribution in [1.82, 2.24) is 4.90 Å². The van der Waals surface area contributed by atoms with Gasteiger partial charge in [0.15, 0.2) is 0 Å².